The van der Waals surface area contributed by atoms with Crippen LogP contribution in [0.5, 0.6) is 17.2 Å². The normalized spacial score (nSPS) is 10.1. The summed E-state index contributed by atoms with van der Waals surface area (Å²) in [5.74, 6) is 2.13. The van der Waals surface area contributed by atoms with Crippen LogP contribution in [0.25, 0.3) is 0 Å². The number of carbonyl (C=O) groups excluding carboxylic acids is 1. The van der Waals surface area contributed by atoms with Crippen LogP contribution in [0.3, 0.4) is 0 Å². The minimum Gasteiger partial charge on any atom is -0.497 e. The van der Waals surface area contributed by atoms with Crippen LogP contribution in [0.1, 0.15) is 15.9 Å². The molecule has 0 atom stereocenters. The Bertz CT molecular complexity index is 812. The van der Waals surface area contributed by atoms with Crippen LogP contribution in [0.2, 0.25) is 0 Å². The van der Waals surface area contributed by atoms with Gasteiger partial charge in [0.15, 0.2) is 0 Å². The summed E-state index contributed by atoms with van der Waals surface area (Å²) in [7, 11) is 1.63. The zero-order valence-corrected chi connectivity index (χ0v) is 13.9. The quantitative estimate of drug-likeness (QED) is 0.726. The number of benzene rings is 3. The van der Waals surface area contributed by atoms with E-state index in [1.54, 1.807) is 31.4 Å². The average molecular weight is 333 g/mol. The van der Waals surface area contributed by atoms with Crippen molar-refractivity contribution in [1.82, 2.24) is 5.32 Å². The SMILES string of the molecule is COc1ccc(CNC(=O)c2ccc(Oc3ccccc3)cc2)cc1. The number of para-hydroxylation sites is 1. The smallest absolute Gasteiger partial charge is 0.251 e. The van der Waals surface area contributed by atoms with E-state index in [0.29, 0.717) is 17.9 Å². The molecule has 1 amide bonds. The fourth-order valence-electron chi connectivity index (χ4n) is 2.33. The molecule has 25 heavy (non-hydrogen) atoms. The van der Waals surface area contributed by atoms with Gasteiger partial charge in [0.2, 0.25) is 0 Å². The van der Waals surface area contributed by atoms with Gasteiger partial charge in [-0.2, -0.15) is 0 Å². The van der Waals surface area contributed by atoms with E-state index in [-0.39, 0.29) is 5.91 Å². The van der Waals surface area contributed by atoms with Crippen molar-refractivity contribution in [3.05, 3.63) is 90.0 Å². The van der Waals surface area contributed by atoms with Crippen molar-refractivity contribution >= 4 is 5.91 Å². The van der Waals surface area contributed by atoms with Crippen LogP contribution in [0, 0.1) is 0 Å². The number of carbonyl (C=O) groups is 1. The molecular formula is C21H19NO3. The fraction of sp³-hybridized carbons (Fsp3) is 0.0952. The van der Waals surface area contributed by atoms with Crippen molar-refractivity contribution in [3.8, 4) is 17.2 Å². The standard InChI is InChI=1S/C21H19NO3/c1-24-18-11-7-16(8-12-18)15-22-21(23)17-9-13-20(14-10-17)25-19-5-3-2-4-6-19/h2-14H,15H2,1H3,(H,22,23). The number of hydrogen-bond acceptors (Lipinski definition) is 3. The maximum absolute atomic E-state index is 12.2. The van der Waals surface area contributed by atoms with E-state index in [9.17, 15) is 4.79 Å². The van der Waals surface area contributed by atoms with Gasteiger partial charge in [-0.25, -0.2) is 0 Å². The molecule has 0 aliphatic rings. The van der Waals surface area contributed by atoms with E-state index < -0.39 is 0 Å². The molecule has 3 rings (SSSR count). The predicted molar refractivity (Wildman–Crippen MR) is 97.1 cm³/mol. The van der Waals surface area contributed by atoms with E-state index in [4.69, 9.17) is 9.47 Å². The predicted octanol–water partition coefficient (Wildman–Crippen LogP) is 4.42. The number of nitrogens with one attached hydrogen (secondary N) is 1. The Labute approximate surface area is 147 Å². The molecule has 0 aliphatic heterocycles. The first kappa shape index (κ1) is 16.6. The third-order valence-corrected chi connectivity index (χ3v) is 3.71. The van der Waals surface area contributed by atoms with Crippen LogP contribution in [-0.4, -0.2) is 13.0 Å². The largest absolute Gasteiger partial charge is 0.497 e. The molecule has 4 heteroatoms. The molecule has 0 fully saturated rings. The molecule has 0 unspecified atom stereocenters. The van der Waals surface area contributed by atoms with Gasteiger partial charge >= 0.3 is 0 Å². The molecule has 126 valence electrons. The molecule has 3 aromatic carbocycles. The van der Waals surface area contributed by atoms with Gasteiger partial charge in [-0.05, 0) is 54.1 Å². The van der Waals surface area contributed by atoms with Crippen LogP contribution < -0.4 is 14.8 Å². The monoisotopic (exact) mass is 333 g/mol. The Balaban J connectivity index is 1.56. The van der Waals surface area contributed by atoms with Crippen LogP contribution >= 0.6 is 0 Å². The summed E-state index contributed by atoms with van der Waals surface area (Å²) < 4.78 is 10.8. The molecule has 0 aliphatic carbocycles. The van der Waals surface area contributed by atoms with Crippen molar-refractivity contribution in [1.29, 1.82) is 0 Å². The van der Waals surface area contributed by atoms with Crippen molar-refractivity contribution in [2.24, 2.45) is 0 Å². The second-order valence-corrected chi connectivity index (χ2v) is 5.47. The number of ether oxygens (including phenoxy) is 2. The first-order valence-electron chi connectivity index (χ1n) is 7.99. The average Bonchev–Trinajstić information content (AvgIpc) is 2.68. The van der Waals surface area contributed by atoms with Crippen LogP contribution in [-0.2, 0) is 6.54 Å². The first-order chi connectivity index (χ1) is 12.2. The minimum atomic E-state index is -0.123. The highest BCUT2D eigenvalue weighted by Gasteiger charge is 2.06. The van der Waals surface area contributed by atoms with Crippen molar-refractivity contribution < 1.29 is 14.3 Å². The number of rotatable bonds is 6. The molecular weight excluding hydrogens is 314 g/mol. The Morgan fingerprint density at radius 2 is 1.40 bits per heavy atom. The third-order valence-electron chi connectivity index (χ3n) is 3.71. The van der Waals surface area contributed by atoms with E-state index in [1.807, 2.05) is 54.6 Å². The lowest BCUT2D eigenvalue weighted by molar-refractivity contribution is 0.0951. The summed E-state index contributed by atoms with van der Waals surface area (Å²) >= 11 is 0. The fourth-order valence-corrected chi connectivity index (χ4v) is 2.33. The second kappa shape index (κ2) is 8.02. The summed E-state index contributed by atoms with van der Waals surface area (Å²) in [4.78, 5) is 12.2. The third kappa shape index (κ3) is 4.61. The van der Waals surface area contributed by atoms with Gasteiger partial charge in [-0.15, -0.1) is 0 Å². The highest BCUT2D eigenvalue weighted by molar-refractivity contribution is 5.94. The highest BCUT2D eigenvalue weighted by Crippen LogP contribution is 2.21. The summed E-state index contributed by atoms with van der Waals surface area (Å²) in [6.07, 6.45) is 0. The van der Waals surface area contributed by atoms with Crippen LogP contribution in [0.4, 0.5) is 0 Å². The molecule has 4 nitrogen and oxygen atoms in total. The van der Waals surface area contributed by atoms with Crippen molar-refractivity contribution in [3.63, 3.8) is 0 Å². The Kier molecular flexibility index (Phi) is 5.32. The Hall–Kier alpha value is -3.27. The van der Waals surface area contributed by atoms with E-state index in [1.165, 1.54) is 0 Å². The van der Waals surface area contributed by atoms with Gasteiger partial charge in [0, 0.05) is 12.1 Å². The topological polar surface area (TPSA) is 47.6 Å². The lowest BCUT2D eigenvalue weighted by Crippen LogP contribution is -2.22. The summed E-state index contributed by atoms with van der Waals surface area (Å²) in [5.41, 5.74) is 1.60. The van der Waals surface area contributed by atoms with Crippen molar-refractivity contribution in [2.75, 3.05) is 7.11 Å². The van der Waals surface area contributed by atoms with E-state index >= 15 is 0 Å². The van der Waals surface area contributed by atoms with Gasteiger partial charge in [-0.3, -0.25) is 4.79 Å². The van der Waals surface area contributed by atoms with Gasteiger partial charge < -0.3 is 14.8 Å². The van der Waals surface area contributed by atoms with E-state index in [2.05, 4.69) is 5.32 Å². The first-order valence-corrected chi connectivity index (χ1v) is 7.99. The van der Waals surface area contributed by atoms with Gasteiger partial charge in [0.05, 0.1) is 7.11 Å². The molecule has 3 aromatic rings. The molecule has 0 radical (unpaired) electrons. The maximum atomic E-state index is 12.2. The number of methoxy groups -OCH3 is 1. The number of amides is 1. The molecule has 0 saturated carbocycles. The van der Waals surface area contributed by atoms with E-state index in [0.717, 1.165) is 17.1 Å². The molecule has 0 heterocycles. The van der Waals surface area contributed by atoms with Gasteiger partial charge in [0.25, 0.3) is 5.91 Å². The zero-order valence-electron chi connectivity index (χ0n) is 13.9. The zero-order chi connectivity index (χ0) is 17.5. The maximum Gasteiger partial charge on any atom is 0.251 e. The lowest BCUT2D eigenvalue weighted by atomic mass is 10.2. The molecule has 1 N–H and O–H groups in total. The summed E-state index contributed by atoms with van der Waals surface area (Å²) in [5, 5.41) is 2.90. The lowest BCUT2D eigenvalue weighted by Gasteiger charge is -2.08. The summed E-state index contributed by atoms with van der Waals surface area (Å²) in [6, 6.07) is 24.2. The Morgan fingerprint density at radius 3 is 2.04 bits per heavy atom. The highest BCUT2D eigenvalue weighted by atomic mass is 16.5. The second-order valence-electron chi connectivity index (χ2n) is 5.47. The number of hydrogen-bond donors (Lipinski definition) is 1. The van der Waals surface area contributed by atoms with Crippen molar-refractivity contribution in [2.45, 2.75) is 6.54 Å². The van der Waals surface area contributed by atoms with Gasteiger partial charge in [0.1, 0.15) is 17.2 Å². The summed E-state index contributed by atoms with van der Waals surface area (Å²) in [6.45, 7) is 0.463. The minimum absolute atomic E-state index is 0.123. The Morgan fingerprint density at radius 1 is 0.800 bits per heavy atom. The molecule has 0 aromatic heterocycles. The van der Waals surface area contributed by atoms with Crippen LogP contribution in [0.15, 0.2) is 78.9 Å². The van der Waals surface area contributed by atoms with Gasteiger partial charge in [-0.1, -0.05) is 30.3 Å². The molecule has 0 spiro atoms. The molecule has 0 bridgehead atoms. The molecule has 0 saturated heterocycles.